The second-order valence-electron chi connectivity index (χ2n) is 0.835. The third-order valence-electron chi connectivity index (χ3n) is 0. The van der Waals surface area contributed by atoms with Gasteiger partial charge in [0.25, 0.3) is 0 Å². The fourth-order valence-corrected chi connectivity index (χ4v) is 0. The van der Waals surface area contributed by atoms with Gasteiger partial charge in [0.1, 0.15) is 0 Å². The van der Waals surface area contributed by atoms with Crippen molar-refractivity contribution in [1.82, 2.24) is 0 Å². The van der Waals surface area contributed by atoms with Gasteiger partial charge in [0, 0.05) is 27.3 Å². The van der Waals surface area contributed by atoms with E-state index < -0.39 is 14.2 Å². The molecule has 0 amide bonds. The van der Waals surface area contributed by atoms with E-state index in [1.165, 1.54) is 0 Å². The maximum Gasteiger partial charge on any atom is 0 e. The molecule has 0 aromatic heterocycles. The van der Waals surface area contributed by atoms with Crippen molar-refractivity contribution in [3.05, 3.63) is 0 Å². The van der Waals surface area contributed by atoms with Crippen molar-refractivity contribution >= 4 is 41.5 Å². The number of hydrogen-bond acceptors (Lipinski definition) is 1. The molecule has 0 aromatic rings. The summed E-state index contributed by atoms with van der Waals surface area (Å²) in [5.74, 6) is 0. The summed E-state index contributed by atoms with van der Waals surface area (Å²) in [6.07, 6.45) is 0. The van der Waals surface area contributed by atoms with Gasteiger partial charge in [-0.1, -0.05) is 0 Å². The zero-order chi connectivity index (χ0) is 4.50. The van der Waals surface area contributed by atoms with Crippen molar-refractivity contribution in [1.29, 1.82) is 0 Å². The Labute approximate surface area is 58.9 Å². The van der Waals surface area contributed by atoms with Crippen LogP contribution in [-0.2, 0) is 3.74 Å². The molecule has 0 spiro atoms. The molecule has 0 rings (SSSR count). The minimum Gasteiger partial charge on any atom is 0 e. The fraction of sp³-hybridized carbons (Fsp3) is 1.00. The van der Waals surface area contributed by atoms with Gasteiger partial charge in [-0.2, -0.15) is 0 Å². The van der Waals surface area contributed by atoms with Gasteiger partial charge in [-0.3, -0.25) is 0 Å². The summed E-state index contributed by atoms with van der Waals surface area (Å²) in [7, 11) is 0. The van der Waals surface area contributed by atoms with Gasteiger partial charge in [0.15, 0.2) is 0 Å². The summed E-state index contributed by atoms with van der Waals surface area (Å²) in [4.78, 5) is 0. The quantitative estimate of drug-likeness (QED) is 0.530. The summed E-state index contributed by atoms with van der Waals surface area (Å²) in [5.41, 5.74) is 0.915. The van der Waals surface area contributed by atoms with Gasteiger partial charge < -0.3 is 0 Å². The van der Waals surface area contributed by atoms with Crippen LogP contribution in [0.1, 0.15) is 0 Å². The van der Waals surface area contributed by atoms with Gasteiger partial charge in [0.2, 0.25) is 0 Å². The molecule has 36 valence electrons. The first-order chi connectivity index (χ1) is 2.00. The van der Waals surface area contributed by atoms with Gasteiger partial charge in [-0.05, 0) is 0 Å². The topological polar surface area (TPSA) is 57.5 Å². The molecule has 0 aliphatic rings. The molecule has 0 unspecified atom stereocenters. The van der Waals surface area contributed by atoms with Crippen LogP contribution in [0.2, 0.25) is 5.71 Å². The van der Waals surface area contributed by atoms with Crippen molar-refractivity contribution < 1.29 is 11.9 Å². The summed E-state index contributed by atoms with van der Waals surface area (Å²) < 4.78 is 24.8. The van der Waals surface area contributed by atoms with Crippen LogP contribution in [0.15, 0.2) is 0 Å². The van der Waals surface area contributed by atoms with Gasteiger partial charge >= 0.3 is 31.8 Å². The van der Waals surface area contributed by atoms with Crippen LogP contribution >= 0.6 is 0 Å². The molecule has 0 fully saturated rings. The molecule has 0 aliphatic heterocycles. The Hall–Kier alpha value is 1.20. The molecule has 0 heterocycles. The molecule has 2 N–H and O–H groups in total. The normalized spacial score (nSPS) is 9.83. The van der Waals surface area contributed by atoms with E-state index in [2.05, 4.69) is 0 Å². The molecule has 0 saturated heterocycles. The number of hydrogen-bond donors (Lipinski definition) is 2. The van der Waals surface area contributed by atoms with E-state index in [9.17, 15) is 3.74 Å². The summed E-state index contributed by atoms with van der Waals surface area (Å²) >= 11 is -4.12. The maximum atomic E-state index is 9.39. The van der Waals surface area contributed by atoms with Crippen LogP contribution in [0.25, 0.3) is 0 Å². The molecule has 0 atom stereocenters. The average molecular weight is 347 g/mol. The van der Waals surface area contributed by atoms with E-state index in [-0.39, 0.29) is 27.3 Å². The average Bonchev–Trinajstić information content (AvgIpc) is 0.722. The zero-order valence-corrected chi connectivity index (χ0v) is 9.01. The standard InChI is InChI=1S/CH5AsO3.Pb/c1-2(3,4)5;/h1H3,(H2,3,4,5);. The Morgan fingerprint density at radius 2 is 1.50 bits per heavy atom. The molecule has 0 bridgehead atoms. The van der Waals surface area contributed by atoms with E-state index in [4.69, 9.17) is 8.19 Å². The Morgan fingerprint density at radius 1 is 1.50 bits per heavy atom. The molecule has 0 saturated carbocycles. The minimum atomic E-state index is -4.12. The van der Waals surface area contributed by atoms with Crippen LogP contribution in [-0.4, -0.2) is 49.7 Å². The third-order valence-corrected chi connectivity index (χ3v) is 0. The summed E-state index contributed by atoms with van der Waals surface area (Å²) in [6.45, 7) is 0. The van der Waals surface area contributed by atoms with Crippen LogP contribution in [0.4, 0.5) is 0 Å². The van der Waals surface area contributed by atoms with Crippen molar-refractivity contribution in [3.8, 4) is 0 Å². The Morgan fingerprint density at radius 3 is 1.50 bits per heavy atom. The molecular formula is CH5AsO3Pb. The SMILES string of the molecule is C[As](=O)(O)O.[Pb]. The smallest absolute Gasteiger partial charge is 0 e. The summed E-state index contributed by atoms with van der Waals surface area (Å²) in [6, 6.07) is 0. The largest absolute Gasteiger partial charge is 0 e. The van der Waals surface area contributed by atoms with Gasteiger partial charge in [0.05, 0.1) is 0 Å². The van der Waals surface area contributed by atoms with E-state index >= 15 is 0 Å². The molecule has 6 heavy (non-hydrogen) atoms. The Bertz CT molecular complexity index is 56.9. The first kappa shape index (κ1) is 10.2. The van der Waals surface area contributed by atoms with E-state index in [1.54, 1.807) is 0 Å². The van der Waals surface area contributed by atoms with Gasteiger partial charge in [-0.15, -0.1) is 0 Å². The second-order valence-corrected chi connectivity index (χ2v) is 4.34. The van der Waals surface area contributed by atoms with Crippen LogP contribution < -0.4 is 0 Å². The minimum absolute atomic E-state index is 0. The van der Waals surface area contributed by atoms with E-state index in [1.807, 2.05) is 0 Å². The molecule has 0 aromatic carbocycles. The van der Waals surface area contributed by atoms with Crippen LogP contribution in [0.5, 0.6) is 0 Å². The predicted molar refractivity (Wildman–Crippen MR) is 22.5 cm³/mol. The number of rotatable bonds is 0. The summed E-state index contributed by atoms with van der Waals surface area (Å²) in [5, 5.41) is 0. The molecular weight excluding hydrogens is 342 g/mol. The second kappa shape index (κ2) is 3.23. The Kier molecular flexibility index (Phi) is 5.52. The fourth-order valence-electron chi connectivity index (χ4n) is 0. The third kappa shape index (κ3) is 63.7. The molecule has 5 heteroatoms. The Balaban J connectivity index is 0. The molecule has 4 radical (unpaired) electrons. The molecule has 3 nitrogen and oxygen atoms in total. The van der Waals surface area contributed by atoms with Crippen molar-refractivity contribution in [3.63, 3.8) is 0 Å². The zero-order valence-electron chi connectivity index (χ0n) is 3.25. The maximum absolute atomic E-state index is 9.39. The van der Waals surface area contributed by atoms with E-state index in [0.717, 1.165) is 5.71 Å². The van der Waals surface area contributed by atoms with Crippen molar-refractivity contribution in [2.45, 2.75) is 5.71 Å². The van der Waals surface area contributed by atoms with Crippen LogP contribution in [0, 0.1) is 0 Å². The van der Waals surface area contributed by atoms with Crippen molar-refractivity contribution in [2.75, 3.05) is 0 Å². The predicted octanol–water partition coefficient (Wildman–Crippen LogP) is -1.41. The monoisotopic (exact) mass is 348 g/mol. The first-order valence-corrected chi connectivity index (χ1v) is 5.35. The van der Waals surface area contributed by atoms with E-state index in [0.29, 0.717) is 0 Å². The molecule has 0 aliphatic carbocycles. The van der Waals surface area contributed by atoms with Gasteiger partial charge in [-0.25, -0.2) is 0 Å². The first-order valence-electron chi connectivity index (χ1n) is 1.03. The van der Waals surface area contributed by atoms with Crippen LogP contribution in [0.3, 0.4) is 0 Å². The van der Waals surface area contributed by atoms with Crippen molar-refractivity contribution in [2.24, 2.45) is 0 Å².